The van der Waals surface area contributed by atoms with Crippen molar-refractivity contribution >= 4 is 5.78 Å². The van der Waals surface area contributed by atoms with E-state index in [1.165, 1.54) is 0 Å². The van der Waals surface area contributed by atoms with Crippen molar-refractivity contribution in [1.82, 2.24) is 10.6 Å². The molecule has 11 N–H and O–H groups in total. The average molecular weight is 728 g/mol. The number of Topliss-reactive ketones (excluding diaryl/α,β-unsaturated/α-hetero) is 1. The van der Waals surface area contributed by atoms with E-state index in [4.69, 9.17) is 10.5 Å². The van der Waals surface area contributed by atoms with Gasteiger partial charge in [-0.1, -0.05) is 32.1 Å². The predicted octanol–water partition coefficient (Wildman–Crippen LogP) is 0.745. The molecular formula is C40H61N3O9. The smallest absolute Gasteiger partial charge is 0.182 e. The number of carbonyl (C=O) groups excluding carboxylic acids is 1. The number of hydrogen-bond acceptors (Lipinski definition) is 12. The monoisotopic (exact) mass is 727 g/mol. The molecular weight excluding hydrogens is 666 g/mol. The van der Waals surface area contributed by atoms with E-state index in [1.807, 2.05) is 25.3 Å². The lowest BCUT2D eigenvalue weighted by atomic mass is 9.40. The lowest BCUT2D eigenvalue weighted by Crippen LogP contribution is -2.68. The first-order valence-corrected chi connectivity index (χ1v) is 19.5. The number of dihydropyridines is 1. The molecule has 0 radical (unpaired) electrons. The third-order valence-corrected chi connectivity index (χ3v) is 15.0. The van der Waals surface area contributed by atoms with Gasteiger partial charge in [0.2, 0.25) is 0 Å². The Labute approximate surface area is 306 Å². The summed E-state index contributed by atoms with van der Waals surface area (Å²) in [5, 5.41) is 88.3. The van der Waals surface area contributed by atoms with Crippen molar-refractivity contribution in [3.63, 3.8) is 0 Å². The number of ether oxygens (including phenoxy) is 1. The van der Waals surface area contributed by atoms with E-state index in [-0.39, 0.29) is 80.2 Å². The van der Waals surface area contributed by atoms with E-state index in [1.54, 1.807) is 13.8 Å². The van der Waals surface area contributed by atoms with Gasteiger partial charge in [0.1, 0.15) is 6.10 Å². The zero-order chi connectivity index (χ0) is 37.5. The number of aliphatic hydroxyl groups excluding tert-OH is 5. The van der Waals surface area contributed by atoms with Crippen molar-refractivity contribution in [2.24, 2.45) is 58.0 Å². The van der Waals surface area contributed by atoms with Crippen molar-refractivity contribution in [1.29, 1.82) is 0 Å². The lowest BCUT2D eigenvalue weighted by molar-refractivity contribution is -0.209. The molecule has 1 spiro atoms. The van der Waals surface area contributed by atoms with Gasteiger partial charge in [0.25, 0.3) is 0 Å². The van der Waals surface area contributed by atoms with Gasteiger partial charge in [0, 0.05) is 43.2 Å². The summed E-state index contributed by atoms with van der Waals surface area (Å²) < 4.78 is 6.06. The molecule has 1 saturated heterocycles. The highest BCUT2D eigenvalue weighted by molar-refractivity contribution is 6.00. The minimum Gasteiger partial charge on any atom is -0.396 e. The van der Waals surface area contributed by atoms with Gasteiger partial charge in [-0.05, 0) is 111 Å². The minimum absolute atomic E-state index is 0.0139. The van der Waals surface area contributed by atoms with Gasteiger partial charge in [-0.25, -0.2) is 0 Å². The van der Waals surface area contributed by atoms with E-state index in [2.05, 4.69) is 29.7 Å². The molecule has 1 unspecified atom stereocenters. The molecule has 7 aliphatic rings. The lowest BCUT2D eigenvalue weighted by Gasteiger charge is -2.65. The number of fused-ring (bicyclic) bond motifs is 2. The molecule has 12 heteroatoms. The van der Waals surface area contributed by atoms with Crippen LogP contribution in [0.4, 0.5) is 0 Å². The summed E-state index contributed by atoms with van der Waals surface area (Å²) in [6.45, 7) is 7.54. The Morgan fingerprint density at radius 1 is 1.13 bits per heavy atom. The van der Waals surface area contributed by atoms with E-state index >= 15 is 4.79 Å². The Hall–Kier alpha value is -2.13. The third-order valence-electron chi connectivity index (χ3n) is 15.0. The van der Waals surface area contributed by atoms with Crippen molar-refractivity contribution in [2.75, 3.05) is 19.8 Å². The number of allylic oxidation sites excluding steroid dienone is 5. The second-order valence-electron chi connectivity index (χ2n) is 17.9. The van der Waals surface area contributed by atoms with Crippen molar-refractivity contribution in [2.45, 2.75) is 121 Å². The van der Waals surface area contributed by atoms with Gasteiger partial charge in [-0.3, -0.25) is 4.79 Å². The van der Waals surface area contributed by atoms with Crippen LogP contribution in [0, 0.1) is 52.3 Å². The second kappa shape index (κ2) is 13.6. The van der Waals surface area contributed by atoms with Gasteiger partial charge >= 0.3 is 0 Å². The van der Waals surface area contributed by atoms with Crippen molar-refractivity contribution in [3.8, 4) is 0 Å². The number of carbonyl (C=O) groups is 1. The zero-order valence-corrected chi connectivity index (χ0v) is 31.0. The Balaban J connectivity index is 1.43. The quantitative estimate of drug-likeness (QED) is 0.149. The van der Waals surface area contributed by atoms with Crippen LogP contribution in [-0.2, 0) is 9.53 Å². The summed E-state index contributed by atoms with van der Waals surface area (Å²) in [7, 11) is 0. The van der Waals surface area contributed by atoms with E-state index < -0.39 is 70.3 Å². The SMILES string of the molecule is C[C@@H]1[C@H]([C@@H](O)[C@](C)(O)[C@H]2CC[C@@]3(O)C4=C(NC[C@H](C)O)C(=O)[C@@H]5C[C@@H](O)[C@@H](O)C[C@@]56C[C@@H](C5=CNC(N)C=C5)C=C[C@H](C[C@]23CCO)[C@@H]46)OC[C@H]1C. The van der Waals surface area contributed by atoms with Gasteiger partial charge in [-0.2, -0.15) is 0 Å². The fourth-order valence-corrected chi connectivity index (χ4v) is 12.3. The number of nitrogens with one attached hydrogen (secondary N) is 2. The first kappa shape index (κ1) is 38.2. The molecule has 5 aliphatic carbocycles. The maximum atomic E-state index is 15.1. The van der Waals surface area contributed by atoms with Gasteiger partial charge in [-0.15, -0.1) is 0 Å². The number of rotatable bonds is 9. The minimum atomic E-state index is -1.73. The van der Waals surface area contributed by atoms with Gasteiger partial charge < -0.3 is 56.8 Å². The maximum absolute atomic E-state index is 15.1. The Morgan fingerprint density at radius 2 is 1.88 bits per heavy atom. The highest BCUT2D eigenvalue weighted by Gasteiger charge is 2.74. The van der Waals surface area contributed by atoms with E-state index in [9.17, 15) is 35.7 Å². The van der Waals surface area contributed by atoms with Crippen LogP contribution < -0.4 is 16.4 Å². The van der Waals surface area contributed by atoms with Gasteiger partial charge in [0.05, 0.1) is 47.5 Å². The summed E-state index contributed by atoms with van der Waals surface area (Å²) in [6.07, 6.45) is 6.51. The molecule has 290 valence electrons. The van der Waals surface area contributed by atoms with Gasteiger partial charge in [0.15, 0.2) is 5.78 Å². The molecule has 12 nitrogen and oxygen atoms in total. The Morgan fingerprint density at radius 3 is 2.52 bits per heavy atom. The Bertz CT molecular complexity index is 1530. The molecule has 0 aromatic carbocycles. The molecule has 7 rings (SSSR count). The number of aliphatic hydroxyl groups is 7. The largest absolute Gasteiger partial charge is 0.396 e. The molecule has 17 atom stereocenters. The standard InChI is InChI=1S/C40H61N3O9/c1-20-19-52-35(22(20)3)36(49)37(4,50)29-9-10-40(51)32-31-24(15-39(29,40)11-12-44)6-5-23(25-7-8-30(41)42-18-25)14-38(31)16-28(47)27(46)13-26(38)34(48)33(32)43-17-21(2)45/h5-8,18,20-24,26-31,35-36,42-47,49-51H,9-17,19,41H2,1-4H3/t20-,21+,22+,23+,24-,26+,27-,28+,29-,30?,31+,35-,36-,37-,38+,39-,40-/m1/s1. The first-order chi connectivity index (χ1) is 24.5. The van der Waals surface area contributed by atoms with Crippen LogP contribution in [0.5, 0.6) is 0 Å². The molecule has 0 bridgehead atoms. The number of ketones is 1. The molecule has 52 heavy (non-hydrogen) atoms. The average Bonchev–Trinajstić information content (AvgIpc) is 3.53. The van der Waals surface area contributed by atoms with E-state index in [0.29, 0.717) is 31.4 Å². The summed E-state index contributed by atoms with van der Waals surface area (Å²) in [4.78, 5) is 15.1. The van der Waals surface area contributed by atoms with E-state index in [0.717, 1.165) is 5.57 Å². The molecule has 0 aromatic rings. The zero-order valence-electron chi connectivity index (χ0n) is 31.0. The van der Waals surface area contributed by atoms with Crippen LogP contribution in [0.25, 0.3) is 0 Å². The van der Waals surface area contributed by atoms with Crippen LogP contribution in [0.1, 0.15) is 72.6 Å². The Kier molecular flexibility index (Phi) is 9.95. The molecule has 2 aliphatic heterocycles. The molecule has 3 saturated carbocycles. The maximum Gasteiger partial charge on any atom is 0.182 e. The van der Waals surface area contributed by atoms with Crippen LogP contribution in [0.2, 0.25) is 0 Å². The molecule has 0 aromatic heterocycles. The molecule has 0 amide bonds. The summed E-state index contributed by atoms with van der Waals surface area (Å²) in [5.74, 6) is -2.37. The normalized spacial score (nSPS) is 47.7. The number of hydrogen-bond donors (Lipinski definition) is 10. The molecule has 2 heterocycles. The topological polar surface area (TPSA) is 218 Å². The van der Waals surface area contributed by atoms with Crippen LogP contribution >= 0.6 is 0 Å². The highest BCUT2D eigenvalue weighted by Crippen LogP contribution is 2.73. The fraction of sp³-hybridized carbons (Fsp3) is 0.775. The second-order valence-corrected chi connectivity index (χ2v) is 17.9. The summed E-state index contributed by atoms with van der Waals surface area (Å²) in [6, 6.07) is 0. The highest BCUT2D eigenvalue weighted by atomic mass is 16.5. The van der Waals surface area contributed by atoms with Crippen LogP contribution in [0.15, 0.2) is 47.3 Å². The number of nitrogens with two attached hydrogens (primary N) is 1. The fourth-order valence-electron chi connectivity index (χ4n) is 12.3. The van der Waals surface area contributed by atoms with Crippen molar-refractivity contribution < 1.29 is 45.3 Å². The van der Waals surface area contributed by atoms with Crippen LogP contribution in [-0.4, -0.2) is 109 Å². The summed E-state index contributed by atoms with van der Waals surface area (Å²) >= 11 is 0. The van der Waals surface area contributed by atoms with Crippen molar-refractivity contribution in [3.05, 3.63) is 47.3 Å². The molecule has 4 fully saturated rings. The predicted molar refractivity (Wildman–Crippen MR) is 193 cm³/mol. The van der Waals surface area contributed by atoms with Crippen LogP contribution in [0.3, 0.4) is 0 Å². The summed E-state index contributed by atoms with van der Waals surface area (Å²) in [5.41, 5.74) is 2.34. The third kappa shape index (κ3) is 5.61. The first-order valence-electron chi connectivity index (χ1n) is 19.5.